The third-order valence-electron chi connectivity index (χ3n) is 5.72. The lowest BCUT2D eigenvalue weighted by molar-refractivity contribution is 0.0377. The van der Waals surface area contributed by atoms with Gasteiger partial charge in [-0.3, -0.25) is 9.89 Å². The zero-order chi connectivity index (χ0) is 20.2. The second kappa shape index (κ2) is 12.9. The van der Waals surface area contributed by atoms with E-state index in [0.29, 0.717) is 6.04 Å². The fourth-order valence-electron chi connectivity index (χ4n) is 4.03. The largest absolute Gasteiger partial charge is 0.469 e. The summed E-state index contributed by atoms with van der Waals surface area (Å²) in [6.07, 6.45) is 7.30. The van der Waals surface area contributed by atoms with E-state index >= 15 is 0 Å². The highest BCUT2D eigenvalue weighted by molar-refractivity contribution is 5.80. The fourth-order valence-corrected chi connectivity index (χ4v) is 4.03. The minimum atomic E-state index is 0.511. The summed E-state index contributed by atoms with van der Waals surface area (Å²) in [5, 5.41) is 7.20. The molecule has 3 heterocycles. The fraction of sp³-hybridized carbons (Fsp3) is 0.773. The van der Waals surface area contributed by atoms with Crippen molar-refractivity contribution in [1.82, 2.24) is 20.4 Å². The number of nitrogens with one attached hydrogen (secondary N) is 2. The van der Waals surface area contributed by atoms with Gasteiger partial charge in [-0.1, -0.05) is 6.92 Å². The first-order valence-electron chi connectivity index (χ1n) is 11.4. The Kier molecular flexibility index (Phi) is 9.82. The van der Waals surface area contributed by atoms with Crippen LogP contribution in [-0.2, 0) is 11.2 Å². The number of morpholine rings is 1. The van der Waals surface area contributed by atoms with Gasteiger partial charge in [0, 0.05) is 58.3 Å². The Morgan fingerprint density at radius 3 is 2.66 bits per heavy atom. The quantitative estimate of drug-likeness (QED) is 0.352. The van der Waals surface area contributed by atoms with Crippen LogP contribution in [0.1, 0.15) is 38.4 Å². The lowest BCUT2D eigenvalue weighted by atomic mass is 10.1. The van der Waals surface area contributed by atoms with Gasteiger partial charge in [-0.05, 0) is 44.4 Å². The zero-order valence-corrected chi connectivity index (χ0v) is 18.1. The highest BCUT2D eigenvalue weighted by Gasteiger charge is 2.19. The van der Waals surface area contributed by atoms with Gasteiger partial charge in [-0.15, -0.1) is 0 Å². The number of piperidine rings is 1. The van der Waals surface area contributed by atoms with Gasteiger partial charge in [0.15, 0.2) is 5.96 Å². The van der Waals surface area contributed by atoms with Gasteiger partial charge in [0.25, 0.3) is 0 Å². The number of hydrogen-bond acceptors (Lipinski definition) is 5. The van der Waals surface area contributed by atoms with Crippen molar-refractivity contribution in [3.8, 4) is 0 Å². The average molecular weight is 406 g/mol. The standard InChI is InChI=1S/C22H39N5O2/c1-2-11-26-13-7-20(8-14-26)25-22(24-10-6-21-5-3-17-29-21)23-9-4-12-27-15-18-28-19-16-27/h3,5,17,20H,2,4,6-16,18-19H2,1H3,(H2,23,24,25). The summed E-state index contributed by atoms with van der Waals surface area (Å²) in [5.41, 5.74) is 0. The van der Waals surface area contributed by atoms with Crippen molar-refractivity contribution in [3.05, 3.63) is 24.2 Å². The molecule has 0 amide bonds. The molecule has 1 aromatic rings. The molecular weight excluding hydrogens is 366 g/mol. The van der Waals surface area contributed by atoms with Crippen molar-refractivity contribution in [2.45, 2.75) is 45.1 Å². The zero-order valence-electron chi connectivity index (χ0n) is 18.1. The molecule has 0 saturated carbocycles. The summed E-state index contributed by atoms with van der Waals surface area (Å²) in [6.45, 7) is 12.4. The van der Waals surface area contributed by atoms with E-state index in [-0.39, 0.29) is 0 Å². The smallest absolute Gasteiger partial charge is 0.191 e. The van der Waals surface area contributed by atoms with Crippen LogP contribution in [0.5, 0.6) is 0 Å². The highest BCUT2D eigenvalue weighted by Crippen LogP contribution is 2.10. The van der Waals surface area contributed by atoms with Gasteiger partial charge >= 0.3 is 0 Å². The van der Waals surface area contributed by atoms with Gasteiger partial charge in [0.2, 0.25) is 0 Å². The monoisotopic (exact) mass is 405 g/mol. The van der Waals surface area contributed by atoms with Crippen molar-refractivity contribution in [1.29, 1.82) is 0 Å². The Labute approximate surface area is 175 Å². The predicted octanol–water partition coefficient (Wildman–Crippen LogP) is 1.95. The molecule has 164 valence electrons. The van der Waals surface area contributed by atoms with E-state index in [1.165, 1.54) is 38.9 Å². The second-order valence-electron chi connectivity index (χ2n) is 8.05. The number of rotatable bonds is 10. The Bertz CT molecular complexity index is 564. The first kappa shape index (κ1) is 22.1. The lowest BCUT2D eigenvalue weighted by Gasteiger charge is -2.33. The Hall–Kier alpha value is -1.57. The van der Waals surface area contributed by atoms with Crippen LogP contribution in [0, 0.1) is 0 Å². The molecule has 2 aliphatic rings. The highest BCUT2D eigenvalue weighted by atomic mass is 16.5. The molecule has 2 fully saturated rings. The van der Waals surface area contributed by atoms with Crippen molar-refractivity contribution < 1.29 is 9.15 Å². The number of guanidine groups is 1. The van der Waals surface area contributed by atoms with Crippen LogP contribution in [0.4, 0.5) is 0 Å². The maximum absolute atomic E-state index is 5.44. The van der Waals surface area contributed by atoms with E-state index in [1.54, 1.807) is 6.26 Å². The maximum atomic E-state index is 5.44. The van der Waals surface area contributed by atoms with Gasteiger partial charge in [0.1, 0.15) is 5.76 Å². The van der Waals surface area contributed by atoms with Crippen LogP contribution < -0.4 is 10.6 Å². The molecule has 0 bridgehead atoms. The van der Waals surface area contributed by atoms with Gasteiger partial charge in [-0.2, -0.15) is 0 Å². The number of ether oxygens (including phenoxy) is 1. The van der Waals surface area contributed by atoms with E-state index in [1.807, 2.05) is 12.1 Å². The number of furan rings is 1. The summed E-state index contributed by atoms with van der Waals surface area (Å²) in [5.74, 6) is 1.96. The second-order valence-corrected chi connectivity index (χ2v) is 8.05. The molecule has 0 aromatic carbocycles. The molecule has 2 N–H and O–H groups in total. The van der Waals surface area contributed by atoms with Gasteiger partial charge in [0.05, 0.1) is 19.5 Å². The van der Waals surface area contributed by atoms with Crippen molar-refractivity contribution in [3.63, 3.8) is 0 Å². The Morgan fingerprint density at radius 1 is 1.14 bits per heavy atom. The van der Waals surface area contributed by atoms with Crippen LogP contribution >= 0.6 is 0 Å². The molecule has 0 spiro atoms. The Balaban J connectivity index is 1.43. The number of nitrogens with zero attached hydrogens (tertiary/aromatic N) is 3. The molecule has 0 radical (unpaired) electrons. The van der Waals surface area contributed by atoms with Gasteiger partial charge < -0.3 is 24.7 Å². The topological polar surface area (TPSA) is 65.3 Å². The van der Waals surface area contributed by atoms with Crippen LogP contribution in [0.2, 0.25) is 0 Å². The average Bonchev–Trinajstić information content (AvgIpc) is 3.27. The van der Waals surface area contributed by atoms with Crippen LogP contribution in [0.25, 0.3) is 0 Å². The lowest BCUT2D eigenvalue weighted by Crippen LogP contribution is -2.49. The molecule has 2 saturated heterocycles. The summed E-state index contributed by atoms with van der Waals surface area (Å²) in [6, 6.07) is 4.48. The van der Waals surface area contributed by atoms with Crippen LogP contribution in [0.3, 0.4) is 0 Å². The van der Waals surface area contributed by atoms with E-state index in [2.05, 4.69) is 27.4 Å². The number of aliphatic imine (C=N–C) groups is 1. The maximum Gasteiger partial charge on any atom is 0.191 e. The number of hydrogen-bond donors (Lipinski definition) is 2. The first-order valence-corrected chi connectivity index (χ1v) is 11.4. The van der Waals surface area contributed by atoms with Crippen molar-refractivity contribution in [2.75, 3.05) is 65.6 Å². The molecular formula is C22H39N5O2. The molecule has 7 heteroatoms. The molecule has 0 atom stereocenters. The number of likely N-dealkylation sites (tertiary alicyclic amines) is 1. The van der Waals surface area contributed by atoms with Gasteiger partial charge in [-0.25, -0.2) is 0 Å². The molecule has 0 aliphatic carbocycles. The molecule has 0 unspecified atom stereocenters. The first-order chi connectivity index (χ1) is 14.3. The summed E-state index contributed by atoms with van der Waals surface area (Å²) in [4.78, 5) is 9.91. The van der Waals surface area contributed by atoms with E-state index < -0.39 is 0 Å². The Morgan fingerprint density at radius 2 is 1.93 bits per heavy atom. The van der Waals surface area contributed by atoms with E-state index in [0.717, 1.165) is 70.5 Å². The van der Waals surface area contributed by atoms with Crippen molar-refractivity contribution >= 4 is 5.96 Å². The summed E-state index contributed by atoms with van der Waals surface area (Å²) in [7, 11) is 0. The summed E-state index contributed by atoms with van der Waals surface area (Å²) >= 11 is 0. The molecule has 7 nitrogen and oxygen atoms in total. The molecule has 1 aromatic heterocycles. The third-order valence-corrected chi connectivity index (χ3v) is 5.72. The van der Waals surface area contributed by atoms with Crippen molar-refractivity contribution in [2.24, 2.45) is 4.99 Å². The molecule has 2 aliphatic heterocycles. The minimum absolute atomic E-state index is 0.511. The van der Waals surface area contributed by atoms with E-state index in [4.69, 9.17) is 14.1 Å². The van der Waals surface area contributed by atoms with Crippen LogP contribution in [0.15, 0.2) is 27.8 Å². The minimum Gasteiger partial charge on any atom is -0.469 e. The predicted molar refractivity (Wildman–Crippen MR) is 117 cm³/mol. The van der Waals surface area contributed by atoms with Crippen LogP contribution in [-0.4, -0.2) is 87.4 Å². The summed E-state index contributed by atoms with van der Waals surface area (Å²) < 4.78 is 10.9. The molecule has 29 heavy (non-hydrogen) atoms. The normalized spacial score (nSPS) is 20.1. The third kappa shape index (κ3) is 8.36. The SMILES string of the molecule is CCCN1CCC(NC(=NCCCN2CCOCC2)NCCc2ccco2)CC1. The molecule has 3 rings (SSSR count). The van der Waals surface area contributed by atoms with E-state index in [9.17, 15) is 0 Å².